The number of H-pyrrole nitrogens is 1. The molecule has 11 heteroatoms. The first kappa shape index (κ1) is 23.7. The van der Waals surface area contributed by atoms with Gasteiger partial charge in [0.05, 0.1) is 25.3 Å². The Balaban J connectivity index is 1.18. The molecule has 5 rings (SSSR count). The highest BCUT2D eigenvalue weighted by atomic mass is 19.2. The highest BCUT2D eigenvalue weighted by Crippen LogP contribution is 2.27. The van der Waals surface area contributed by atoms with Crippen molar-refractivity contribution in [1.82, 2.24) is 25.2 Å². The second-order valence-corrected chi connectivity index (χ2v) is 8.71. The van der Waals surface area contributed by atoms with E-state index in [1.54, 1.807) is 7.11 Å². The van der Waals surface area contributed by atoms with Crippen molar-refractivity contribution in [3.63, 3.8) is 0 Å². The van der Waals surface area contributed by atoms with Gasteiger partial charge < -0.3 is 19.8 Å². The summed E-state index contributed by atoms with van der Waals surface area (Å²) in [5.41, 5.74) is 2.50. The molecule has 1 fully saturated rings. The molecule has 3 heterocycles. The van der Waals surface area contributed by atoms with Crippen LogP contribution in [0, 0.1) is 11.6 Å². The standard InChI is InChI=1S/C25H26F2N6O3/c1-35-16-3-4-20-17(9-16)14(12-28-20)13-33-7-5-15(6-8-33)29-25(34)32-23-24(36-2)31-22-11-19(27)18(26)10-21(22)30-23/h3-4,9-12,15,28H,5-8,13H2,1-2H3,(H2,29,30,32,34). The van der Waals surface area contributed by atoms with Crippen LogP contribution in [0.3, 0.4) is 0 Å². The molecular formula is C25H26F2N6O3. The molecule has 0 aliphatic carbocycles. The van der Waals surface area contributed by atoms with Crippen LogP contribution in [0.2, 0.25) is 0 Å². The average molecular weight is 497 g/mol. The number of urea groups is 1. The third-order valence-corrected chi connectivity index (χ3v) is 6.39. The molecule has 0 atom stereocenters. The van der Waals surface area contributed by atoms with Gasteiger partial charge in [0.15, 0.2) is 17.5 Å². The highest BCUT2D eigenvalue weighted by Gasteiger charge is 2.23. The van der Waals surface area contributed by atoms with E-state index in [-0.39, 0.29) is 28.8 Å². The van der Waals surface area contributed by atoms with Crippen LogP contribution in [0.5, 0.6) is 11.6 Å². The van der Waals surface area contributed by atoms with E-state index in [0.717, 1.165) is 61.3 Å². The van der Waals surface area contributed by atoms with E-state index >= 15 is 0 Å². The number of benzene rings is 2. The summed E-state index contributed by atoms with van der Waals surface area (Å²) in [7, 11) is 3.02. The van der Waals surface area contributed by atoms with Gasteiger partial charge in [0.1, 0.15) is 5.75 Å². The Morgan fingerprint density at radius 1 is 1.08 bits per heavy atom. The van der Waals surface area contributed by atoms with Gasteiger partial charge in [0.2, 0.25) is 0 Å². The maximum Gasteiger partial charge on any atom is 0.320 e. The number of fused-ring (bicyclic) bond motifs is 2. The number of nitrogens with zero attached hydrogens (tertiary/aromatic N) is 3. The van der Waals surface area contributed by atoms with Crippen molar-refractivity contribution in [2.24, 2.45) is 0 Å². The number of aromatic nitrogens is 3. The topological polar surface area (TPSA) is 104 Å². The summed E-state index contributed by atoms with van der Waals surface area (Å²) in [6.45, 7) is 2.45. The number of piperidine rings is 1. The molecule has 0 bridgehead atoms. The third-order valence-electron chi connectivity index (χ3n) is 6.39. The van der Waals surface area contributed by atoms with Crippen LogP contribution >= 0.6 is 0 Å². The van der Waals surface area contributed by atoms with Crippen LogP contribution in [0.15, 0.2) is 36.5 Å². The highest BCUT2D eigenvalue weighted by molar-refractivity contribution is 5.91. The van der Waals surface area contributed by atoms with Gasteiger partial charge in [-0.2, -0.15) is 0 Å². The Morgan fingerprint density at radius 3 is 2.50 bits per heavy atom. The zero-order valence-corrected chi connectivity index (χ0v) is 19.9. The Labute approximate surface area is 205 Å². The molecule has 2 aromatic heterocycles. The Morgan fingerprint density at radius 2 is 1.81 bits per heavy atom. The minimum Gasteiger partial charge on any atom is -0.497 e. The van der Waals surface area contributed by atoms with Crippen molar-refractivity contribution < 1.29 is 23.0 Å². The number of rotatable bonds is 6. The number of methoxy groups -OCH3 is 2. The number of anilines is 1. The summed E-state index contributed by atoms with van der Waals surface area (Å²) in [5, 5.41) is 6.71. The van der Waals surface area contributed by atoms with E-state index in [0.29, 0.717) is 0 Å². The molecule has 1 saturated heterocycles. The molecule has 1 aliphatic heterocycles. The summed E-state index contributed by atoms with van der Waals surface area (Å²) in [6, 6.07) is 7.36. The second-order valence-electron chi connectivity index (χ2n) is 8.71. The minimum absolute atomic E-state index is 0.00818. The number of hydrogen-bond acceptors (Lipinski definition) is 6. The lowest BCUT2D eigenvalue weighted by atomic mass is 10.0. The van der Waals surface area contributed by atoms with Gasteiger partial charge in [-0.05, 0) is 36.6 Å². The lowest BCUT2D eigenvalue weighted by molar-refractivity contribution is 0.190. The van der Waals surface area contributed by atoms with E-state index in [4.69, 9.17) is 9.47 Å². The Kier molecular flexibility index (Phi) is 6.55. The Hall–Kier alpha value is -3.99. The summed E-state index contributed by atoms with van der Waals surface area (Å²) in [4.78, 5) is 26.6. The molecule has 2 amide bonds. The predicted octanol–water partition coefficient (Wildman–Crippen LogP) is 4.19. The lowest BCUT2D eigenvalue weighted by Crippen LogP contribution is -2.45. The van der Waals surface area contributed by atoms with Crippen molar-refractivity contribution in [1.29, 1.82) is 0 Å². The zero-order valence-electron chi connectivity index (χ0n) is 19.9. The van der Waals surface area contributed by atoms with Crippen molar-refractivity contribution in [2.45, 2.75) is 25.4 Å². The zero-order chi connectivity index (χ0) is 25.2. The largest absolute Gasteiger partial charge is 0.497 e. The maximum atomic E-state index is 13.6. The number of likely N-dealkylation sites (tertiary alicyclic amines) is 1. The van der Waals surface area contributed by atoms with Crippen LogP contribution < -0.4 is 20.1 Å². The molecule has 4 aromatic rings. The van der Waals surface area contributed by atoms with Crippen molar-refractivity contribution in [3.05, 3.63) is 53.7 Å². The molecule has 2 aromatic carbocycles. The van der Waals surface area contributed by atoms with E-state index in [9.17, 15) is 13.6 Å². The number of ether oxygens (including phenoxy) is 2. The number of nitrogens with one attached hydrogen (secondary N) is 3. The van der Waals surface area contributed by atoms with Gasteiger partial charge in [-0.25, -0.2) is 23.5 Å². The summed E-state index contributed by atoms with van der Waals surface area (Å²) in [6.07, 6.45) is 3.59. The normalized spacial score (nSPS) is 14.8. The smallest absolute Gasteiger partial charge is 0.320 e. The van der Waals surface area contributed by atoms with Crippen molar-refractivity contribution >= 4 is 33.8 Å². The lowest BCUT2D eigenvalue weighted by Gasteiger charge is -2.32. The second kappa shape index (κ2) is 9.94. The predicted molar refractivity (Wildman–Crippen MR) is 131 cm³/mol. The number of amides is 2. The monoisotopic (exact) mass is 496 g/mol. The van der Waals surface area contributed by atoms with E-state index in [1.807, 2.05) is 24.4 Å². The number of carbonyl (C=O) groups is 1. The molecule has 0 saturated carbocycles. The van der Waals surface area contributed by atoms with Gasteiger partial charge in [-0.1, -0.05) is 0 Å². The fourth-order valence-electron chi connectivity index (χ4n) is 4.48. The number of aromatic amines is 1. The van der Waals surface area contributed by atoms with Gasteiger partial charge >= 0.3 is 6.03 Å². The van der Waals surface area contributed by atoms with E-state index in [2.05, 4.69) is 30.5 Å². The first-order chi connectivity index (χ1) is 17.4. The molecule has 36 heavy (non-hydrogen) atoms. The maximum absolute atomic E-state index is 13.6. The van der Waals surface area contributed by atoms with E-state index < -0.39 is 17.7 Å². The van der Waals surface area contributed by atoms with Crippen LogP contribution in [-0.2, 0) is 6.54 Å². The number of halogens is 2. The molecule has 0 radical (unpaired) electrons. The van der Waals surface area contributed by atoms with Gasteiger partial charge in [-0.15, -0.1) is 0 Å². The minimum atomic E-state index is -1.05. The number of carbonyl (C=O) groups excluding carboxylic acids is 1. The van der Waals surface area contributed by atoms with Gasteiger partial charge in [0.25, 0.3) is 5.88 Å². The van der Waals surface area contributed by atoms with Crippen LogP contribution in [0.1, 0.15) is 18.4 Å². The van der Waals surface area contributed by atoms with Crippen LogP contribution in [-0.4, -0.2) is 59.2 Å². The SMILES string of the molecule is COc1ccc2[nH]cc(CN3CCC(NC(=O)Nc4nc5cc(F)c(F)cc5nc4OC)CC3)c2c1. The molecule has 188 valence electrons. The van der Waals surface area contributed by atoms with Crippen LogP contribution in [0.25, 0.3) is 21.9 Å². The number of hydrogen-bond donors (Lipinski definition) is 3. The molecular weight excluding hydrogens is 470 g/mol. The first-order valence-electron chi connectivity index (χ1n) is 11.6. The molecule has 0 unspecified atom stereocenters. The van der Waals surface area contributed by atoms with Gasteiger partial charge in [0, 0.05) is 54.9 Å². The van der Waals surface area contributed by atoms with Crippen LogP contribution in [0.4, 0.5) is 19.4 Å². The molecule has 0 spiro atoms. The third kappa shape index (κ3) is 4.87. The molecule has 9 nitrogen and oxygen atoms in total. The first-order valence-corrected chi connectivity index (χ1v) is 11.6. The Bertz CT molecular complexity index is 1420. The summed E-state index contributed by atoms with van der Waals surface area (Å²) < 4.78 is 37.7. The van der Waals surface area contributed by atoms with E-state index in [1.165, 1.54) is 12.7 Å². The van der Waals surface area contributed by atoms with Crippen molar-refractivity contribution in [3.8, 4) is 11.6 Å². The fraction of sp³-hybridized carbons (Fsp3) is 0.320. The molecule has 1 aliphatic rings. The van der Waals surface area contributed by atoms with Gasteiger partial charge in [-0.3, -0.25) is 10.2 Å². The quantitative estimate of drug-likeness (QED) is 0.370. The summed E-state index contributed by atoms with van der Waals surface area (Å²) >= 11 is 0. The van der Waals surface area contributed by atoms with Crippen molar-refractivity contribution in [2.75, 3.05) is 32.6 Å². The fourth-order valence-corrected chi connectivity index (χ4v) is 4.48. The molecule has 3 N–H and O–H groups in total. The average Bonchev–Trinajstić information content (AvgIpc) is 3.27. The summed E-state index contributed by atoms with van der Waals surface area (Å²) in [5.74, 6) is -1.22.